The molecular weight excluding hydrogens is 332 g/mol. The zero-order chi connectivity index (χ0) is 15.2. The van der Waals surface area contributed by atoms with E-state index in [9.17, 15) is 4.79 Å². The molecule has 0 saturated heterocycles. The molecule has 0 aliphatic carbocycles. The number of benzene rings is 1. The maximum Gasteiger partial charge on any atom is 0.254 e. The van der Waals surface area contributed by atoms with E-state index in [2.05, 4.69) is 20.9 Å². The molecule has 21 heavy (non-hydrogen) atoms. The average molecular weight is 349 g/mol. The largest absolute Gasteiger partial charge is 0.497 e. The molecule has 4 nitrogen and oxygen atoms in total. The molecule has 1 aromatic heterocycles. The lowest BCUT2D eigenvalue weighted by Crippen LogP contribution is -2.30. The molecule has 0 spiro atoms. The summed E-state index contributed by atoms with van der Waals surface area (Å²) in [6.45, 7) is 3.18. The van der Waals surface area contributed by atoms with Crippen LogP contribution >= 0.6 is 15.9 Å². The highest BCUT2D eigenvalue weighted by Gasteiger charge is 2.15. The van der Waals surface area contributed by atoms with Gasteiger partial charge in [-0.05, 0) is 52.7 Å². The number of aromatic nitrogens is 1. The van der Waals surface area contributed by atoms with Crippen molar-refractivity contribution in [1.29, 1.82) is 0 Å². The Morgan fingerprint density at radius 3 is 2.57 bits per heavy atom. The van der Waals surface area contributed by atoms with Gasteiger partial charge < -0.3 is 9.64 Å². The third-order valence-corrected chi connectivity index (χ3v) is 3.61. The standard InChI is InChI=1S/C16H17BrN2O2/c1-3-19(11-12-4-6-14(21-2)7-5-12)16(20)13-8-9-18-15(17)10-13/h4-10H,3,11H2,1-2H3. The van der Waals surface area contributed by atoms with E-state index in [1.807, 2.05) is 31.2 Å². The van der Waals surface area contributed by atoms with Gasteiger partial charge in [-0.2, -0.15) is 0 Å². The Bertz CT molecular complexity index is 614. The number of ether oxygens (including phenoxy) is 1. The van der Waals surface area contributed by atoms with E-state index < -0.39 is 0 Å². The van der Waals surface area contributed by atoms with Crippen LogP contribution in [0.15, 0.2) is 47.2 Å². The summed E-state index contributed by atoms with van der Waals surface area (Å²) in [5.41, 5.74) is 1.70. The van der Waals surface area contributed by atoms with Crippen LogP contribution in [0.1, 0.15) is 22.8 Å². The Labute approximate surface area is 132 Å². The van der Waals surface area contributed by atoms with Gasteiger partial charge in [0.05, 0.1) is 7.11 Å². The van der Waals surface area contributed by atoms with Crippen LogP contribution < -0.4 is 4.74 Å². The summed E-state index contributed by atoms with van der Waals surface area (Å²) in [4.78, 5) is 18.3. The topological polar surface area (TPSA) is 42.4 Å². The Balaban J connectivity index is 2.13. The van der Waals surface area contributed by atoms with Gasteiger partial charge in [0.15, 0.2) is 0 Å². The molecule has 0 fully saturated rings. The first-order valence-electron chi connectivity index (χ1n) is 6.67. The maximum atomic E-state index is 12.5. The fourth-order valence-electron chi connectivity index (χ4n) is 2.00. The van der Waals surface area contributed by atoms with Crippen LogP contribution in [0, 0.1) is 0 Å². The fourth-order valence-corrected chi connectivity index (χ4v) is 2.36. The first kappa shape index (κ1) is 15.5. The van der Waals surface area contributed by atoms with Crippen LogP contribution in [0.4, 0.5) is 0 Å². The van der Waals surface area contributed by atoms with Gasteiger partial charge in [-0.25, -0.2) is 4.98 Å². The number of hydrogen-bond donors (Lipinski definition) is 0. The molecule has 1 amide bonds. The van der Waals surface area contributed by atoms with Crippen molar-refractivity contribution in [3.8, 4) is 5.75 Å². The summed E-state index contributed by atoms with van der Waals surface area (Å²) in [6, 6.07) is 11.2. The summed E-state index contributed by atoms with van der Waals surface area (Å²) in [7, 11) is 1.64. The van der Waals surface area contributed by atoms with E-state index in [4.69, 9.17) is 4.74 Å². The molecule has 5 heteroatoms. The monoisotopic (exact) mass is 348 g/mol. The van der Waals surface area contributed by atoms with Gasteiger partial charge >= 0.3 is 0 Å². The van der Waals surface area contributed by atoms with E-state index in [1.54, 1.807) is 30.3 Å². The number of amides is 1. The normalized spacial score (nSPS) is 10.2. The van der Waals surface area contributed by atoms with Gasteiger partial charge in [-0.3, -0.25) is 4.79 Å². The van der Waals surface area contributed by atoms with Crippen LogP contribution in [0.5, 0.6) is 5.75 Å². The van der Waals surface area contributed by atoms with Crippen molar-refractivity contribution in [2.45, 2.75) is 13.5 Å². The van der Waals surface area contributed by atoms with Crippen molar-refractivity contribution in [2.75, 3.05) is 13.7 Å². The number of hydrogen-bond acceptors (Lipinski definition) is 3. The Hall–Kier alpha value is -1.88. The predicted molar refractivity (Wildman–Crippen MR) is 85.3 cm³/mol. The summed E-state index contributed by atoms with van der Waals surface area (Å²) in [5, 5.41) is 0. The second-order valence-corrected chi connectivity index (χ2v) is 5.35. The van der Waals surface area contributed by atoms with Crippen LogP contribution in [0.3, 0.4) is 0 Å². The lowest BCUT2D eigenvalue weighted by atomic mass is 10.1. The van der Waals surface area contributed by atoms with E-state index in [0.717, 1.165) is 11.3 Å². The molecule has 0 N–H and O–H groups in total. The molecule has 0 aliphatic heterocycles. The summed E-state index contributed by atoms with van der Waals surface area (Å²) >= 11 is 3.29. The number of halogens is 1. The van der Waals surface area contributed by atoms with Crippen LogP contribution in [-0.2, 0) is 6.54 Å². The van der Waals surface area contributed by atoms with E-state index in [-0.39, 0.29) is 5.91 Å². The van der Waals surface area contributed by atoms with Crippen molar-refractivity contribution in [3.05, 3.63) is 58.3 Å². The third-order valence-electron chi connectivity index (χ3n) is 3.17. The molecule has 1 heterocycles. The first-order chi connectivity index (χ1) is 10.1. The van der Waals surface area contributed by atoms with Crippen molar-refractivity contribution in [1.82, 2.24) is 9.88 Å². The second-order valence-electron chi connectivity index (χ2n) is 4.53. The minimum absolute atomic E-state index is 0.00332. The SMILES string of the molecule is CCN(Cc1ccc(OC)cc1)C(=O)c1ccnc(Br)c1. The molecule has 2 aromatic rings. The highest BCUT2D eigenvalue weighted by Crippen LogP contribution is 2.15. The maximum absolute atomic E-state index is 12.5. The molecule has 110 valence electrons. The molecule has 0 saturated carbocycles. The second kappa shape index (κ2) is 7.22. The van der Waals surface area contributed by atoms with Crippen molar-refractivity contribution in [2.24, 2.45) is 0 Å². The third kappa shape index (κ3) is 4.04. The average Bonchev–Trinajstić information content (AvgIpc) is 2.52. The Kier molecular flexibility index (Phi) is 5.33. The minimum Gasteiger partial charge on any atom is -0.497 e. The zero-order valence-corrected chi connectivity index (χ0v) is 13.6. The van der Waals surface area contributed by atoms with Crippen LogP contribution in [0.2, 0.25) is 0 Å². The number of pyridine rings is 1. The molecule has 0 unspecified atom stereocenters. The first-order valence-corrected chi connectivity index (χ1v) is 7.47. The smallest absolute Gasteiger partial charge is 0.254 e. The molecular formula is C16H17BrN2O2. The quantitative estimate of drug-likeness (QED) is 0.776. The van der Waals surface area contributed by atoms with Crippen molar-refractivity contribution in [3.63, 3.8) is 0 Å². The van der Waals surface area contributed by atoms with E-state index in [1.165, 1.54) is 0 Å². The Morgan fingerprint density at radius 1 is 1.29 bits per heavy atom. The highest BCUT2D eigenvalue weighted by molar-refractivity contribution is 9.10. The molecule has 0 radical (unpaired) electrons. The van der Waals surface area contributed by atoms with Crippen molar-refractivity contribution >= 4 is 21.8 Å². The fraction of sp³-hybridized carbons (Fsp3) is 0.250. The van der Waals surface area contributed by atoms with Gasteiger partial charge in [0.1, 0.15) is 10.4 Å². The van der Waals surface area contributed by atoms with E-state index in [0.29, 0.717) is 23.3 Å². The molecule has 0 bridgehead atoms. The molecule has 1 aromatic carbocycles. The molecule has 0 aliphatic rings. The predicted octanol–water partition coefficient (Wildman–Crippen LogP) is 3.52. The lowest BCUT2D eigenvalue weighted by molar-refractivity contribution is 0.0752. The highest BCUT2D eigenvalue weighted by atomic mass is 79.9. The number of carbonyl (C=O) groups is 1. The number of methoxy groups -OCH3 is 1. The number of carbonyl (C=O) groups excluding carboxylic acids is 1. The summed E-state index contributed by atoms with van der Waals surface area (Å²) in [6.07, 6.45) is 1.62. The van der Waals surface area contributed by atoms with Gasteiger partial charge in [-0.1, -0.05) is 12.1 Å². The summed E-state index contributed by atoms with van der Waals surface area (Å²) in [5.74, 6) is 0.808. The van der Waals surface area contributed by atoms with Crippen molar-refractivity contribution < 1.29 is 9.53 Å². The van der Waals surface area contributed by atoms with E-state index >= 15 is 0 Å². The van der Waals surface area contributed by atoms with Gasteiger partial charge in [0, 0.05) is 24.8 Å². The van der Waals surface area contributed by atoms with Crippen LogP contribution in [0.25, 0.3) is 0 Å². The summed E-state index contributed by atoms with van der Waals surface area (Å²) < 4.78 is 5.80. The minimum atomic E-state index is -0.00332. The lowest BCUT2D eigenvalue weighted by Gasteiger charge is -2.21. The van der Waals surface area contributed by atoms with Crippen LogP contribution in [-0.4, -0.2) is 29.4 Å². The molecule has 2 rings (SSSR count). The molecule has 0 atom stereocenters. The van der Waals surface area contributed by atoms with Gasteiger partial charge in [-0.15, -0.1) is 0 Å². The zero-order valence-electron chi connectivity index (χ0n) is 12.0. The number of rotatable bonds is 5. The number of nitrogens with zero attached hydrogens (tertiary/aromatic N) is 2. The Morgan fingerprint density at radius 2 is 2.00 bits per heavy atom. The van der Waals surface area contributed by atoms with Gasteiger partial charge in [0.2, 0.25) is 0 Å². The van der Waals surface area contributed by atoms with Gasteiger partial charge in [0.25, 0.3) is 5.91 Å².